The lowest BCUT2D eigenvalue weighted by Crippen LogP contribution is -2.41. The molecule has 3 rings (SSSR count). The van der Waals surface area contributed by atoms with Gasteiger partial charge in [0.2, 0.25) is 5.91 Å². The second-order valence-electron chi connectivity index (χ2n) is 5.78. The van der Waals surface area contributed by atoms with E-state index in [0.717, 1.165) is 25.1 Å². The second-order valence-corrected chi connectivity index (χ2v) is 7.62. The Kier molecular flexibility index (Phi) is 9.69. The van der Waals surface area contributed by atoms with E-state index in [1.807, 2.05) is 12.1 Å². The Hall–Kier alpha value is -0.530. The molecule has 9 heteroatoms. The highest BCUT2D eigenvalue weighted by Gasteiger charge is 2.27. The van der Waals surface area contributed by atoms with Crippen molar-refractivity contribution in [3.63, 3.8) is 0 Å². The van der Waals surface area contributed by atoms with Crippen molar-refractivity contribution in [2.45, 2.75) is 19.0 Å². The maximum Gasteiger partial charge on any atom is 0.233 e. The Morgan fingerprint density at radius 1 is 1.31 bits per heavy atom. The van der Waals surface area contributed by atoms with Gasteiger partial charge in [0.05, 0.1) is 12.6 Å². The summed E-state index contributed by atoms with van der Waals surface area (Å²) in [5.74, 6) is -0.168. The van der Waals surface area contributed by atoms with E-state index in [2.05, 4.69) is 21.7 Å². The number of fused-ring (bicyclic) bond motifs is 1. The van der Waals surface area contributed by atoms with Crippen LogP contribution in [-0.2, 0) is 17.8 Å². The molecule has 0 saturated heterocycles. The predicted molar refractivity (Wildman–Crippen MR) is 114 cm³/mol. The Bertz CT molecular complexity index is 741. The van der Waals surface area contributed by atoms with Gasteiger partial charge in [-0.15, -0.1) is 36.2 Å². The maximum atomic E-state index is 11.6. The first-order valence-corrected chi connectivity index (χ1v) is 9.43. The summed E-state index contributed by atoms with van der Waals surface area (Å²) in [6, 6.07) is 7.67. The van der Waals surface area contributed by atoms with Crippen LogP contribution in [0.5, 0.6) is 0 Å². The van der Waals surface area contributed by atoms with Gasteiger partial charge in [-0.3, -0.25) is 9.69 Å². The minimum atomic E-state index is -0.168. The second kappa shape index (κ2) is 10.7. The molecule has 1 aromatic carbocycles. The number of hydrogen-bond acceptors (Lipinski definition) is 4. The lowest BCUT2D eigenvalue weighted by molar-refractivity contribution is -0.120. The van der Waals surface area contributed by atoms with Gasteiger partial charge >= 0.3 is 0 Å². The van der Waals surface area contributed by atoms with Crippen molar-refractivity contribution in [1.29, 1.82) is 0 Å². The van der Waals surface area contributed by atoms with Crippen LogP contribution >= 0.6 is 59.4 Å². The molecule has 3 N–H and O–H groups in total. The molecule has 1 unspecified atom stereocenters. The number of amides is 1. The normalized spacial score (nSPS) is 14.6. The zero-order valence-electron chi connectivity index (χ0n) is 13.9. The minimum absolute atomic E-state index is 0. The third kappa shape index (κ3) is 5.49. The molecular formula is C17H21Cl4N3OS. The van der Waals surface area contributed by atoms with Gasteiger partial charge in [-0.25, -0.2) is 0 Å². The van der Waals surface area contributed by atoms with E-state index < -0.39 is 0 Å². The molecule has 0 aliphatic carbocycles. The van der Waals surface area contributed by atoms with Crippen molar-refractivity contribution >= 4 is 65.3 Å². The molecule has 1 aromatic heterocycles. The fraction of sp³-hybridized carbons (Fsp3) is 0.353. The molecular weight excluding hydrogens is 436 g/mol. The molecule has 4 nitrogen and oxygen atoms in total. The predicted octanol–water partition coefficient (Wildman–Crippen LogP) is 4.07. The van der Waals surface area contributed by atoms with E-state index in [1.54, 1.807) is 17.4 Å². The van der Waals surface area contributed by atoms with Crippen LogP contribution in [-0.4, -0.2) is 30.4 Å². The molecule has 0 bridgehead atoms. The number of rotatable bonds is 5. The van der Waals surface area contributed by atoms with E-state index >= 15 is 0 Å². The fourth-order valence-corrected chi connectivity index (χ4v) is 4.45. The molecule has 1 amide bonds. The van der Waals surface area contributed by atoms with Crippen molar-refractivity contribution in [3.05, 3.63) is 55.7 Å². The van der Waals surface area contributed by atoms with Crippen LogP contribution in [0.1, 0.15) is 22.0 Å². The average Bonchev–Trinajstić information content (AvgIpc) is 3.04. The van der Waals surface area contributed by atoms with Gasteiger partial charge in [0, 0.05) is 34.6 Å². The number of hydrogen-bond donors (Lipinski definition) is 2. The number of carbonyl (C=O) groups excluding carboxylic acids is 1. The highest BCUT2D eigenvalue weighted by atomic mass is 35.5. The lowest BCUT2D eigenvalue weighted by Gasteiger charge is -2.35. The first-order chi connectivity index (χ1) is 11.6. The summed E-state index contributed by atoms with van der Waals surface area (Å²) in [4.78, 5) is 15.4. The molecule has 144 valence electrons. The van der Waals surface area contributed by atoms with Crippen molar-refractivity contribution in [2.24, 2.45) is 5.73 Å². The van der Waals surface area contributed by atoms with Crippen LogP contribution in [0.2, 0.25) is 10.0 Å². The quantitative estimate of drug-likeness (QED) is 0.712. The monoisotopic (exact) mass is 455 g/mol. The van der Waals surface area contributed by atoms with Gasteiger partial charge in [0.25, 0.3) is 0 Å². The molecule has 0 spiro atoms. The Morgan fingerprint density at radius 2 is 2.08 bits per heavy atom. The third-order valence-electron chi connectivity index (χ3n) is 4.28. The zero-order chi connectivity index (χ0) is 17.1. The van der Waals surface area contributed by atoms with E-state index in [9.17, 15) is 4.79 Å². The van der Waals surface area contributed by atoms with Gasteiger partial charge in [0.1, 0.15) is 0 Å². The summed E-state index contributed by atoms with van der Waals surface area (Å²) in [6.45, 7) is 2.23. The average molecular weight is 457 g/mol. The van der Waals surface area contributed by atoms with Gasteiger partial charge in [-0.1, -0.05) is 29.3 Å². The van der Waals surface area contributed by atoms with Crippen molar-refractivity contribution in [2.75, 3.05) is 19.6 Å². The maximum absolute atomic E-state index is 11.6. The van der Waals surface area contributed by atoms with Crippen LogP contribution in [0.15, 0.2) is 29.6 Å². The number of nitrogens with one attached hydrogen (secondary N) is 1. The summed E-state index contributed by atoms with van der Waals surface area (Å²) in [6.07, 6.45) is 1.01. The molecule has 1 atom stereocenters. The Morgan fingerprint density at radius 3 is 2.77 bits per heavy atom. The molecule has 26 heavy (non-hydrogen) atoms. The van der Waals surface area contributed by atoms with Gasteiger partial charge in [0.15, 0.2) is 0 Å². The van der Waals surface area contributed by atoms with Crippen LogP contribution in [0, 0.1) is 0 Å². The molecule has 2 aromatic rings. The minimum Gasteiger partial charge on any atom is -0.353 e. The summed E-state index contributed by atoms with van der Waals surface area (Å²) in [7, 11) is 0. The van der Waals surface area contributed by atoms with Crippen molar-refractivity contribution in [3.8, 4) is 0 Å². The molecule has 2 heterocycles. The van der Waals surface area contributed by atoms with Crippen LogP contribution in [0.3, 0.4) is 0 Å². The molecule has 1 aliphatic rings. The first kappa shape index (κ1) is 23.5. The zero-order valence-corrected chi connectivity index (χ0v) is 17.9. The Balaban J connectivity index is 0.00000169. The molecule has 0 saturated carbocycles. The summed E-state index contributed by atoms with van der Waals surface area (Å²) in [5, 5.41) is 6.25. The summed E-state index contributed by atoms with van der Waals surface area (Å²) >= 11 is 14.3. The molecule has 0 radical (unpaired) electrons. The summed E-state index contributed by atoms with van der Waals surface area (Å²) in [5.41, 5.74) is 7.73. The van der Waals surface area contributed by atoms with E-state index in [1.165, 1.54) is 10.4 Å². The van der Waals surface area contributed by atoms with E-state index in [4.69, 9.17) is 28.9 Å². The van der Waals surface area contributed by atoms with Gasteiger partial charge in [-0.2, -0.15) is 0 Å². The van der Waals surface area contributed by atoms with Crippen LogP contribution in [0.4, 0.5) is 0 Å². The number of nitrogens with zero attached hydrogens (tertiary/aromatic N) is 1. The highest BCUT2D eigenvalue weighted by molar-refractivity contribution is 7.10. The number of carbonyl (C=O) groups is 1. The standard InChI is InChI=1S/C17H19Cl2N3OS.2ClH/c18-12-1-2-13(14(19)7-12)15(9-21-17(23)8-20)22-5-3-16-11(10-22)4-6-24-16;;/h1-2,4,6-7,15H,3,5,8-10,20H2,(H,21,23);2*1H. The summed E-state index contributed by atoms with van der Waals surface area (Å²) < 4.78 is 0. The van der Waals surface area contributed by atoms with Crippen molar-refractivity contribution < 1.29 is 4.79 Å². The van der Waals surface area contributed by atoms with Gasteiger partial charge < -0.3 is 11.1 Å². The lowest BCUT2D eigenvalue weighted by atomic mass is 10.0. The topological polar surface area (TPSA) is 58.4 Å². The number of halogens is 4. The SMILES string of the molecule is Cl.Cl.NCC(=O)NCC(c1ccc(Cl)cc1Cl)N1CCc2sccc2C1. The fourth-order valence-electron chi connectivity index (χ4n) is 3.03. The first-order valence-electron chi connectivity index (χ1n) is 7.79. The van der Waals surface area contributed by atoms with Crippen LogP contribution in [0.25, 0.3) is 0 Å². The number of thiophene rings is 1. The number of benzene rings is 1. The van der Waals surface area contributed by atoms with Crippen LogP contribution < -0.4 is 11.1 Å². The third-order valence-corrected chi connectivity index (χ3v) is 5.86. The molecule has 0 fully saturated rings. The van der Waals surface area contributed by atoms with Crippen molar-refractivity contribution in [1.82, 2.24) is 10.2 Å². The number of nitrogens with two attached hydrogens (primary N) is 1. The van der Waals surface area contributed by atoms with E-state index in [-0.39, 0.29) is 43.3 Å². The van der Waals surface area contributed by atoms with Gasteiger partial charge in [-0.05, 0) is 41.1 Å². The largest absolute Gasteiger partial charge is 0.353 e. The molecule has 1 aliphatic heterocycles. The smallest absolute Gasteiger partial charge is 0.233 e. The Labute approximate surface area is 179 Å². The highest BCUT2D eigenvalue weighted by Crippen LogP contribution is 2.34. The van der Waals surface area contributed by atoms with E-state index in [0.29, 0.717) is 16.6 Å².